The molecule has 0 unspecified atom stereocenters. The van der Waals surface area contributed by atoms with E-state index in [0.29, 0.717) is 37.7 Å². The van der Waals surface area contributed by atoms with E-state index in [1.165, 1.54) is 0 Å². The molecule has 0 saturated carbocycles. The lowest BCUT2D eigenvalue weighted by molar-refractivity contribution is 0.162. The van der Waals surface area contributed by atoms with Crippen LogP contribution in [-0.4, -0.2) is 61.1 Å². The molecule has 2 saturated heterocycles. The number of carbonyl (C=O) groups excluding carboxylic acids is 1. The number of piperidine rings is 1. The van der Waals surface area contributed by atoms with Crippen molar-refractivity contribution in [2.75, 3.05) is 44.2 Å². The van der Waals surface area contributed by atoms with E-state index in [1.54, 1.807) is 9.80 Å². The molecule has 4 rings (SSSR count). The van der Waals surface area contributed by atoms with Crippen LogP contribution >= 0.6 is 0 Å². The Labute approximate surface area is 210 Å². The minimum Gasteiger partial charge on any atom is -0.368 e. The number of hydrogen-bond acceptors (Lipinski definition) is 4. The van der Waals surface area contributed by atoms with Crippen LogP contribution in [0.5, 0.6) is 0 Å². The van der Waals surface area contributed by atoms with Gasteiger partial charge in [-0.05, 0) is 62.9 Å². The summed E-state index contributed by atoms with van der Waals surface area (Å²) in [4.78, 5) is 18.7. The maximum absolute atomic E-state index is 13.6. The molecule has 2 heterocycles. The van der Waals surface area contributed by atoms with E-state index < -0.39 is 17.5 Å². The molecule has 9 heteroatoms. The Hall–Kier alpha value is -3.25. The standard InChI is InChI=1S/C27H32F3N5O/c1-19-17-34(23-14-24(28)26(30)25(29)15-23)11-12-35(19)27(36)32-8-5-20-6-9-33(10-7-20)18-22-4-2-3-21(13-22)16-31/h2-4,13-15,19-20H,5-12,17-18H2,1H3,(H,32,36)/t19-/m1/s1. The first-order valence-corrected chi connectivity index (χ1v) is 12.5. The van der Waals surface area contributed by atoms with Gasteiger partial charge in [0.15, 0.2) is 17.5 Å². The van der Waals surface area contributed by atoms with Gasteiger partial charge in [-0.25, -0.2) is 18.0 Å². The number of nitrogens with zero attached hydrogens (tertiary/aromatic N) is 4. The molecule has 0 bridgehead atoms. The molecule has 2 aromatic carbocycles. The topological polar surface area (TPSA) is 62.6 Å². The molecule has 192 valence electrons. The molecule has 2 aliphatic heterocycles. The van der Waals surface area contributed by atoms with Crippen molar-refractivity contribution in [2.24, 2.45) is 5.92 Å². The largest absolute Gasteiger partial charge is 0.368 e. The van der Waals surface area contributed by atoms with Gasteiger partial charge < -0.3 is 15.1 Å². The molecule has 6 nitrogen and oxygen atoms in total. The number of likely N-dealkylation sites (tertiary alicyclic amines) is 1. The maximum Gasteiger partial charge on any atom is 0.317 e. The van der Waals surface area contributed by atoms with E-state index in [1.807, 2.05) is 25.1 Å². The van der Waals surface area contributed by atoms with Crippen molar-refractivity contribution in [3.8, 4) is 6.07 Å². The van der Waals surface area contributed by atoms with Crippen LogP contribution < -0.4 is 10.2 Å². The minimum absolute atomic E-state index is 0.131. The Morgan fingerprint density at radius 2 is 1.81 bits per heavy atom. The van der Waals surface area contributed by atoms with Crippen LogP contribution in [0.25, 0.3) is 0 Å². The van der Waals surface area contributed by atoms with Gasteiger partial charge in [0.25, 0.3) is 0 Å². The third-order valence-corrected chi connectivity index (χ3v) is 7.22. The quantitative estimate of drug-likeness (QED) is 0.595. The summed E-state index contributed by atoms with van der Waals surface area (Å²) in [6.07, 6.45) is 3.08. The molecule has 0 aromatic heterocycles. The van der Waals surface area contributed by atoms with Crippen LogP contribution in [0.2, 0.25) is 0 Å². The van der Waals surface area contributed by atoms with Gasteiger partial charge in [-0.2, -0.15) is 5.26 Å². The molecule has 0 aliphatic carbocycles. The summed E-state index contributed by atoms with van der Waals surface area (Å²) < 4.78 is 40.5. The van der Waals surface area contributed by atoms with E-state index in [-0.39, 0.29) is 17.8 Å². The second-order valence-electron chi connectivity index (χ2n) is 9.76. The fraction of sp³-hybridized carbons (Fsp3) is 0.481. The van der Waals surface area contributed by atoms with Gasteiger partial charge in [-0.15, -0.1) is 0 Å². The average molecular weight is 500 g/mol. The summed E-state index contributed by atoms with van der Waals surface area (Å²) in [6, 6.07) is 11.6. The zero-order chi connectivity index (χ0) is 25.7. The van der Waals surface area contributed by atoms with Crippen molar-refractivity contribution in [3.63, 3.8) is 0 Å². The lowest BCUT2D eigenvalue weighted by Crippen LogP contribution is -2.56. The van der Waals surface area contributed by atoms with Gasteiger partial charge in [0, 0.05) is 56.6 Å². The minimum atomic E-state index is -1.47. The van der Waals surface area contributed by atoms with Crippen molar-refractivity contribution >= 4 is 11.7 Å². The second kappa shape index (κ2) is 11.7. The molecule has 0 spiro atoms. The van der Waals surface area contributed by atoms with E-state index >= 15 is 0 Å². The fourth-order valence-electron chi connectivity index (χ4n) is 5.13. The summed E-state index contributed by atoms with van der Waals surface area (Å²) in [5.74, 6) is -3.33. The Morgan fingerprint density at radius 1 is 1.08 bits per heavy atom. The van der Waals surface area contributed by atoms with Crippen molar-refractivity contribution in [3.05, 3.63) is 65.0 Å². The molecule has 36 heavy (non-hydrogen) atoms. The number of halogens is 3. The predicted octanol–water partition coefficient (Wildman–Crippen LogP) is 4.50. The highest BCUT2D eigenvalue weighted by molar-refractivity contribution is 5.75. The highest BCUT2D eigenvalue weighted by Gasteiger charge is 2.29. The zero-order valence-corrected chi connectivity index (χ0v) is 20.5. The smallest absolute Gasteiger partial charge is 0.317 e. The van der Waals surface area contributed by atoms with Crippen LogP contribution in [-0.2, 0) is 6.54 Å². The van der Waals surface area contributed by atoms with Crippen LogP contribution in [0.3, 0.4) is 0 Å². The Balaban J connectivity index is 1.17. The Morgan fingerprint density at radius 3 is 2.47 bits per heavy atom. The normalized spacial score (nSPS) is 19.2. The van der Waals surface area contributed by atoms with E-state index in [4.69, 9.17) is 5.26 Å². The number of rotatable bonds is 6. The van der Waals surface area contributed by atoms with E-state index in [2.05, 4.69) is 22.4 Å². The summed E-state index contributed by atoms with van der Waals surface area (Å²) in [5.41, 5.74) is 2.12. The summed E-state index contributed by atoms with van der Waals surface area (Å²) in [5, 5.41) is 12.1. The van der Waals surface area contributed by atoms with E-state index in [9.17, 15) is 18.0 Å². The van der Waals surface area contributed by atoms with Crippen molar-refractivity contribution in [1.29, 1.82) is 5.26 Å². The van der Waals surface area contributed by atoms with Crippen LogP contribution in [0.4, 0.5) is 23.7 Å². The molecule has 2 aliphatic rings. The molecule has 2 amide bonds. The number of anilines is 1. The van der Waals surface area contributed by atoms with Gasteiger partial charge in [0.2, 0.25) is 0 Å². The van der Waals surface area contributed by atoms with Crippen molar-refractivity contribution in [1.82, 2.24) is 15.1 Å². The number of amides is 2. The average Bonchev–Trinajstić information content (AvgIpc) is 2.88. The summed E-state index contributed by atoms with van der Waals surface area (Å²) in [7, 11) is 0. The molecule has 2 aromatic rings. The summed E-state index contributed by atoms with van der Waals surface area (Å²) in [6.45, 7) is 6.59. The number of carbonyl (C=O) groups is 1. The second-order valence-corrected chi connectivity index (χ2v) is 9.76. The SMILES string of the molecule is C[C@@H]1CN(c2cc(F)c(F)c(F)c2)CCN1C(=O)NCCC1CCN(Cc2cccc(C#N)c2)CC1. The zero-order valence-electron chi connectivity index (χ0n) is 20.5. The summed E-state index contributed by atoms with van der Waals surface area (Å²) >= 11 is 0. The highest BCUT2D eigenvalue weighted by Crippen LogP contribution is 2.24. The molecular weight excluding hydrogens is 467 g/mol. The van der Waals surface area contributed by atoms with Gasteiger partial charge >= 0.3 is 6.03 Å². The van der Waals surface area contributed by atoms with Gasteiger partial charge in [0.05, 0.1) is 11.6 Å². The first-order chi connectivity index (χ1) is 17.3. The van der Waals surface area contributed by atoms with Gasteiger partial charge in [-0.3, -0.25) is 4.90 Å². The molecule has 2 fully saturated rings. The van der Waals surface area contributed by atoms with E-state index in [0.717, 1.165) is 56.6 Å². The fourth-order valence-corrected chi connectivity index (χ4v) is 5.13. The number of benzene rings is 2. The Bertz CT molecular complexity index is 1090. The number of hydrogen-bond donors (Lipinski definition) is 1. The maximum atomic E-state index is 13.6. The van der Waals surface area contributed by atoms with Crippen LogP contribution in [0.1, 0.15) is 37.3 Å². The van der Waals surface area contributed by atoms with Crippen LogP contribution in [0, 0.1) is 34.7 Å². The monoisotopic (exact) mass is 499 g/mol. The lowest BCUT2D eigenvalue weighted by atomic mass is 9.93. The van der Waals surface area contributed by atoms with Gasteiger partial charge in [-0.1, -0.05) is 12.1 Å². The first-order valence-electron chi connectivity index (χ1n) is 12.5. The number of nitrogens with one attached hydrogen (secondary N) is 1. The highest BCUT2D eigenvalue weighted by atomic mass is 19.2. The van der Waals surface area contributed by atoms with Crippen molar-refractivity contribution < 1.29 is 18.0 Å². The molecule has 1 atom stereocenters. The predicted molar refractivity (Wildman–Crippen MR) is 132 cm³/mol. The van der Waals surface area contributed by atoms with Gasteiger partial charge in [0.1, 0.15) is 0 Å². The lowest BCUT2D eigenvalue weighted by Gasteiger charge is -2.41. The molecular formula is C27H32F3N5O. The Kier molecular flexibility index (Phi) is 8.36. The molecule has 1 N–H and O–H groups in total. The number of piperazine rings is 1. The number of urea groups is 1. The molecule has 0 radical (unpaired) electrons. The third-order valence-electron chi connectivity index (χ3n) is 7.22. The van der Waals surface area contributed by atoms with Crippen LogP contribution in [0.15, 0.2) is 36.4 Å². The first kappa shape index (κ1) is 25.8. The van der Waals surface area contributed by atoms with Crippen molar-refractivity contribution in [2.45, 2.75) is 38.8 Å². The third kappa shape index (κ3) is 6.30. The number of nitriles is 1.